The number of hydrogen-bond donors (Lipinski definition) is 0. The van der Waals surface area contributed by atoms with Gasteiger partial charge in [0.25, 0.3) is 5.92 Å². The number of pyridine rings is 1. The molecule has 1 unspecified atom stereocenters. The van der Waals surface area contributed by atoms with Gasteiger partial charge in [0.15, 0.2) is 5.84 Å². The van der Waals surface area contributed by atoms with Crippen LogP contribution in [-0.2, 0) is 5.92 Å². The second-order valence-corrected chi connectivity index (χ2v) is 9.15. The summed E-state index contributed by atoms with van der Waals surface area (Å²) >= 11 is 0. The molecule has 5 rings (SSSR count). The van der Waals surface area contributed by atoms with Gasteiger partial charge in [-0.25, -0.2) is 28.1 Å². The second kappa shape index (κ2) is 8.94. The number of benzene rings is 1. The van der Waals surface area contributed by atoms with E-state index in [1.54, 1.807) is 13.4 Å². The fourth-order valence-corrected chi connectivity index (χ4v) is 4.85. The summed E-state index contributed by atoms with van der Waals surface area (Å²) in [5.74, 6) is -3.03. The van der Waals surface area contributed by atoms with Crippen LogP contribution in [0.4, 0.5) is 13.2 Å². The Morgan fingerprint density at radius 3 is 2.66 bits per heavy atom. The molecule has 0 bridgehead atoms. The molecule has 1 fully saturated rings. The van der Waals surface area contributed by atoms with Crippen LogP contribution >= 0.6 is 0 Å². The van der Waals surface area contributed by atoms with Gasteiger partial charge in [0.1, 0.15) is 17.2 Å². The minimum atomic E-state index is -3.09. The molecule has 0 N–H and O–H groups in total. The molecule has 0 radical (unpaired) electrons. The van der Waals surface area contributed by atoms with Crippen LogP contribution in [0.3, 0.4) is 0 Å². The molecule has 1 saturated carbocycles. The lowest BCUT2D eigenvalue weighted by Gasteiger charge is -2.33. The average Bonchev–Trinajstić information content (AvgIpc) is 3.28. The van der Waals surface area contributed by atoms with E-state index < -0.39 is 11.7 Å². The largest absolute Gasteiger partial charge is 0.479 e. The first-order valence-corrected chi connectivity index (χ1v) is 11.6. The van der Waals surface area contributed by atoms with E-state index in [0.717, 1.165) is 42.9 Å². The number of methoxy groups -OCH3 is 1. The summed E-state index contributed by atoms with van der Waals surface area (Å²) in [5.41, 5.74) is 3.08. The summed E-state index contributed by atoms with van der Waals surface area (Å²) < 4.78 is 49.7. The molecule has 0 amide bonds. The quantitative estimate of drug-likeness (QED) is 0.475. The summed E-state index contributed by atoms with van der Waals surface area (Å²) in [6.07, 6.45) is 6.09. The number of imidazole rings is 1. The molecule has 1 aliphatic heterocycles. The molecule has 3 aromatic rings. The summed E-state index contributed by atoms with van der Waals surface area (Å²) in [7, 11) is 1.55. The number of halogens is 3. The predicted octanol–water partition coefficient (Wildman–Crippen LogP) is 5.62. The minimum absolute atomic E-state index is 0.0966. The van der Waals surface area contributed by atoms with Crippen LogP contribution in [0.2, 0.25) is 0 Å². The summed E-state index contributed by atoms with van der Waals surface area (Å²) in [5, 5.41) is 0. The number of fused-ring (bicyclic) bond motifs is 1. The standard InChI is InChI=1S/C26H26F3N5O/c1-15-13-34(14-31-15)22-10-9-21(32-25(22)35-3)24-30-12-16-5-4-6-19(23(16)33-24)18-8-7-17(11-20(18)27)26(2,28)29/h7-11,13-14,16,19H,4-6,12H2,1-3H3/t16?,19-/m0/s1. The van der Waals surface area contributed by atoms with Gasteiger partial charge in [0, 0.05) is 42.8 Å². The van der Waals surface area contributed by atoms with Gasteiger partial charge in [0.2, 0.25) is 5.88 Å². The molecule has 2 atom stereocenters. The topological polar surface area (TPSA) is 64.7 Å². The van der Waals surface area contributed by atoms with E-state index in [1.165, 1.54) is 12.1 Å². The predicted molar refractivity (Wildman–Crippen MR) is 128 cm³/mol. The molecular weight excluding hydrogens is 455 g/mol. The number of nitrogens with zero attached hydrogens (tertiary/aromatic N) is 5. The van der Waals surface area contributed by atoms with Crippen molar-refractivity contribution in [1.29, 1.82) is 0 Å². The van der Waals surface area contributed by atoms with Crippen LogP contribution in [0.15, 0.2) is 52.8 Å². The SMILES string of the molecule is COc1nc(C2=NCC3CCC[C@@H](c4ccc(C(C)(F)F)cc4F)C3=N2)ccc1-n1cnc(C)c1. The van der Waals surface area contributed by atoms with Crippen molar-refractivity contribution in [3.05, 3.63) is 71.2 Å². The van der Waals surface area contributed by atoms with Crippen molar-refractivity contribution < 1.29 is 17.9 Å². The van der Waals surface area contributed by atoms with Gasteiger partial charge in [-0.2, -0.15) is 0 Å². The van der Waals surface area contributed by atoms with Gasteiger partial charge in [-0.3, -0.25) is 4.99 Å². The molecule has 1 aromatic carbocycles. The Balaban J connectivity index is 1.49. The van der Waals surface area contributed by atoms with Crippen LogP contribution in [0, 0.1) is 18.7 Å². The van der Waals surface area contributed by atoms with Crippen LogP contribution in [0.25, 0.3) is 5.69 Å². The maximum atomic E-state index is 15.0. The Morgan fingerprint density at radius 2 is 1.97 bits per heavy atom. The van der Waals surface area contributed by atoms with E-state index in [-0.39, 0.29) is 17.4 Å². The number of ether oxygens (including phenoxy) is 1. The zero-order chi connectivity index (χ0) is 24.7. The Bertz CT molecular complexity index is 1320. The van der Waals surface area contributed by atoms with Gasteiger partial charge in [-0.15, -0.1) is 0 Å². The highest BCUT2D eigenvalue weighted by atomic mass is 19.3. The molecule has 2 aromatic heterocycles. The Morgan fingerprint density at radius 1 is 1.14 bits per heavy atom. The first-order chi connectivity index (χ1) is 16.7. The van der Waals surface area contributed by atoms with Crippen molar-refractivity contribution in [2.24, 2.45) is 15.9 Å². The van der Waals surface area contributed by atoms with Crippen molar-refractivity contribution >= 4 is 11.5 Å². The highest BCUT2D eigenvalue weighted by molar-refractivity contribution is 6.10. The third-order valence-electron chi connectivity index (χ3n) is 6.65. The molecule has 0 saturated heterocycles. The highest BCUT2D eigenvalue weighted by Crippen LogP contribution is 2.39. The van der Waals surface area contributed by atoms with Crippen molar-refractivity contribution in [2.45, 2.75) is 45.0 Å². The van der Waals surface area contributed by atoms with Crippen molar-refractivity contribution in [2.75, 3.05) is 13.7 Å². The first-order valence-electron chi connectivity index (χ1n) is 11.6. The second-order valence-electron chi connectivity index (χ2n) is 9.15. The fraction of sp³-hybridized carbons (Fsp3) is 0.385. The number of aliphatic imine (C=N–C) groups is 2. The molecule has 3 heterocycles. The van der Waals surface area contributed by atoms with Crippen molar-refractivity contribution in [1.82, 2.24) is 14.5 Å². The Kier molecular flexibility index (Phi) is 5.94. The number of alkyl halides is 2. The Labute approximate surface area is 201 Å². The van der Waals surface area contributed by atoms with Crippen LogP contribution < -0.4 is 4.74 Å². The minimum Gasteiger partial charge on any atom is -0.479 e. The average molecular weight is 482 g/mol. The summed E-state index contributed by atoms with van der Waals surface area (Å²) in [6, 6.07) is 7.43. The van der Waals surface area contributed by atoms with Gasteiger partial charge in [0.05, 0.1) is 19.1 Å². The third kappa shape index (κ3) is 4.47. The number of hydrogen-bond acceptors (Lipinski definition) is 5. The van der Waals surface area contributed by atoms with E-state index in [1.807, 2.05) is 29.8 Å². The number of aromatic nitrogens is 3. The lowest BCUT2D eigenvalue weighted by Crippen LogP contribution is -2.33. The molecule has 2 aliphatic rings. The summed E-state index contributed by atoms with van der Waals surface area (Å²) in [4.78, 5) is 18.4. The molecule has 6 nitrogen and oxygen atoms in total. The van der Waals surface area contributed by atoms with Gasteiger partial charge in [-0.1, -0.05) is 18.6 Å². The normalized spacial score (nSPS) is 20.2. The van der Waals surface area contributed by atoms with Crippen LogP contribution in [0.1, 0.15) is 54.6 Å². The van der Waals surface area contributed by atoms with Crippen LogP contribution in [0.5, 0.6) is 5.88 Å². The van der Waals surface area contributed by atoms with Crippen molar-refractivity contribution in [3.63, 3.8) is 0 Å². The number of aryl methyl sites for hydroxylation is 1. The molecule has 9 heteroatoms. The van der Waals surface area contributed by atoms with E-state index in [0.29, 0.717) is 35.9 Å². The Hall–Kier alpha value is -3.49. The number of rotatable bonds is 5. The lowest BCUT2D eigenvalue weighted by molar-refractivity contribution is 0.0171. The van der Waals surface area contributed by atoms with Crippen molar-refractivity contribution in [3.8, 4) is 11.6 Å². The van der Waals surface area contributed by atoms with E-state index in [4.69, 9.17) is 9.73 Å². The smallest absolute Gasteiger partial charge is 0.270 e. The molecule has 1 aliphatic carbocycles. The zero-order valence-corrected chi connectivity index (χ0v) is 19.8. The number of amidine groups is 1. The van der Waals surface area contributed by atoms with E-state index in [9.17, 15) is 13.2 Å². The summed E-state index contributed by atoms with van der Waals surface area (Å²) in [6.45, 7) is 3.20. The fourth-order valence-electron chi connectivity index (χ4n) is 4.85. The first kappa shape index (κ1) is 23.3. The molecular formula is C26H26F3N5O. The molecule has 182 valence electrons. The molecule has 35 heavy (non-hydrogen) atoms. The van der Waals surface area contributed by atoms with Gasteiger partial charge in [-0.05, 0) is 43.5 Å². The van der Waals surface area contributed by atoms with Gasteiger partial charge >= 0.3 is 0 Å². The maximum absolute atomic E-state index is 15.0. The zero-order valence-electron chi connectivity index (χ0n) is 19.8. The monoisotopic (exact) mass is 481 g/mol. The third-order valence-corrected chi connectivity index (χ3v) is 6.65. The van der Waals surface area contributed by atoms with Crippen LogP contribution in [-0.4, -0.2) is 39.7 Å². The highest BCUT2D eigenvalue weighted by Gasteiger charge is 2.35. The van der Waals surface area contributed by atoms with E-state index >= 15 is 0 Å². The molecule has 0 spiro atoms. The maximum Gasteiger partial charge on any atom is 0.270 e. The lowest BCUT2D eigenvalue weighted by atomic mass is 9.75. The van der Waals surface area contributed by atoms with E-state index in [2.05, 4.69) is 15.0 Å². The van der Waals surface area contributed by atoms with Gasteiger partial charge < -0.3 is 9.30 Å².